The third kappa shape index (κ3) is 3.38. The van der Waals surface area contributed by atoms with Gasteiger partial charge in [-0.15, -0.1) is 0 Å². The second-order valence-corrected chi connectivity index (χ2v) is 7.53. The zero-order valence-corrected chi connectivity index (χ0v) is 13.3. The van der Waals surface area contributed by atoms with Gasteiger partial charge in [0.1, 0.15) is 6.23 Å². The van der Waals surface area contributed by atoms with Crippen molar-refractivity contribution in [3.63, 3.8) is 0 Å². The Labute approximate surface area is 131 Å². The van der Waals surface area contributed by atoms with Gasteiger partial charge in [-0.25, -0.2) is 8.42 Å². The van der Waals surface area contributed by atoms with E-state index in [1.807, 2.05) is 12.1 Å². The van der Waals surface area contributed by atoms with Crippen molar-refractivity contribution < 1.29 is 13.2 Å². The van der Waals surface area contributed by atoms with Crippen LogP contribution in [0.1, 0.15) is 22.9 Å². The number of hydrogen-bond donors (Lipinski definition) is 1. The first-order chi connectivity index (χ1) is 10.5. The number of benzene rings is 2. The van der Waals surface area contributed by atoms with Gasteiger partial charge in [-0.1, -0.05) is 36.4 Å². The molecule has 0 aromatic heterocycles. The van der Waals surface area contributed by atoms with Gasteiger partial charge in [0.05, 0.1) is 11.5 Å². The molecule has 1 aliphatic rings. The van der Waals surface area contributed by atoms with Gasteiger partial charge in [0, 0.05) is 12.8 Å². The lowest BCUT2D eigenvalue weighted by atomic mass is 10.00. The van der Waals surface area contributed by atoms with Crippen molar-refractivity contribution in [2.24, 2.45) is 0 Å². The van der Waals surface area contributed by atoms with E-state index in [9.17, 15) is 8.42 Å². The zero-order valence-electron chi connectivity index (χ0n) is 12.5. The first kappa shape index (κ1) is 15.2. The van der Waals surface area contributed by atoms with Gasteiger partial charge in [0.2, 0.25) is 0 Å². The minimum atomic E-state index is -3.15. The molecule has 116 valence electrons. The van der Waals surface area contributed by atoms with Gasteiger partial charge in [-0.05, 0) is 35.2 Å². The monoisotopic (exact) mass is 317 g/mol. The summed E-state index contributed by atoms with van der Waals surface area (Å²) < 4.78 is 28.9. The standard InChI is InChI=1S/C17H19NO3S/c1-22(19,20)15-8-6-13(7-9-15)12-21-17-16-5-3-2-4-14(16)10-11-18-17/h2-9,17-18H,10-12H2,1H3. The third-order valence-corrected chi connectivity index (χ3v) is 4.96. The molecule has 2 aromatic carbocycles. The molecule has 1 heterocycles. The van der Waals surface area contributed by atoms with Gasteiger partial charge in [0.25, 0.3) is 0 Å². The molecule has 3 rings (SSSR count). The molecular formula is C17H19NO3S. The van der Waals surface area contributed by atoms with E-state index in [-0.39, 0.29) is 6.23 Å². The summed E-state index contributed by atoms with van der Waals surface area (Å²) in [5.74, 6) is 0. The van der Waals surface area contributed by atoms with Crippen LogP contribution in [0.2, 0.25) is 0 Å². The van der Waals surface area contributed by atoms with Crippen molar-refractivity contribution in [3.8, 4) is 0 Å². The van der Waals surface area contributed by atoms with Crippen molar-refractivity contribution in [1.29, 1.82) is 0 Å². The molecule has 1 N–H and O–H groups in total. The molecule has 0 aliphatic carbocycles. The van der Waals surface area contributed by atoms with E-state index in [2.05, 4.69) is 17.4 Å². The Kier molecular flexibility index (Phi) is 4.29. The van der Waals surface area contributed by atoms with Crippen molar-refractivity contribution in [1.82, 2.24) is 5.32 Å². The van der Waals surface area contributed by atoms with Crippen LogP contribution in [0.25, 0.3) is 0 Å². The Hall–Kier alpha value is -1.69. The fourth-order valence-corrected chi connectivity index (χ4v) is 3.26. The molecule has 1 unspecified atom stereocenters. The minimum Gasteiger partial charge on any atom is -0.354 e. The van der Waals surface area contributed by atoms with Crippen LogP contribution in [-0.2, 0) is 27.6 Å². The number of fused-ring (bicyclic) bond motifs is 1. The Morgan fingerprint density at radius 3 is 2.59 bits per heavy atom. The van der Waals surface area contributed by atoms with Crippen LogP contribution in [0.3, 0.4) is 0 Å². The van der Waals surface area contributed by atoms with Crippen molar-refractivity contribution in [2.45, 2.75) is 24.2 Å². The average Bonchev–Trinajstić information content (AvgIpc) is 2.52. The number of sulfone groups is 1. The van der Waals surface area contributed by atoms with Crippen LogP contribution >= 0.6 is 0 Å². The number of nitrogens with one attached hydrogen (secondary N) is 1. The number of ether oxygens (including phenoxy) is 1. The normalized spacial score (nSPS) is 18.0. The van der Waals surface area contributed by atoms with Gasteiger partial charge >= 0.3 is 0 Å². The van der Waals surface area contributed by atoms with Gasteiger partial charge in [-0.2, -0.15) is 0 Å². The van der Waals surface area contributed by atoms with E-state index in [1.54, 1.807) is 24.3 Å². The smallest absolute Gasteiger partial charge is 0.175 e. The summed E-state index contributed by atoms with van der Waals surface area (Å²) in [5, 5.41) is 3.36. The van der Waals surface area contributed by atoms with E-state index < -0.39 is 9.84 Å². The SMILES string of the molecule is CS(=O)(=O)c1ccc(COC2NCCc3ccccc32)cc1. The highest BCUT2D eigenvalue weighted by molar-refractivity contribution is 7.90. The van der Waals surface area contributed by atoms with Crippen molar-refractivity contribution in [3.05, 3.63) is 65.2 Å². The summed E-state index contributed by atoms with van der Waals surface area (Å²) in [7, 11) is -3.15. The third-order valence-electron chi connectivity index (χ3n) is 3.83. The summed E-state index contributed by atoms with van der Waals surface area (Å²) >= 11 is 0. The fraction of sp³-hybridized carbons (Fsp3) is 0.294. The van der Waals surface area contributed by atoms with Crippen LogP contribution in [0.4, 0.5) is 0 Å². The molecule has 1 atom stereocenters. The lowest BCUT2D eigenvalue weighted by Gasteiger charge is -2.27. The minimum absolute atomic E-state index is 0.112. The lowest BCUT2D eigenvalue weighted by Crippen LogP contribution is -2.31. The van der Waals surface area contributed by atoms with Gasteiger partial charge < -0.3 is 4.74 Å². The maximum absolute atomic E-state index is 11.4. The van der Waals surface area contributed by atoms with Gasteiger partial charge in [0.15, 0.2) is 9.84 Å². The molecule has 22 heavy (non-hydrogen) atoms. The molecule has 1 aliphatic heterocycles. The molecule has 4 nitrogen and oxygen atoms in total. The van der Waals surface area contributed by atoms with Crippen molar-refractivity contribution >= 4 is 9.84 Å². The molecular weight excluding hydrogens is 298 g/mol. The van der Waals surface area contributed by atoms with Crippen LogP contribution in [0.15, 0.2) is 53.4 Å². The highest BCUT2D eigenvalue weighted by Crippen LogP contribution is 2.24. The Bertz CT molecular complexity index is 754. The predicted octanol–water partition coefficient (Wildman–Crippen LogP) is 2.45. The Morgan fingerprint density at radius 2 is 1.86 bits per heavy atom. The van der Waals surface area contributed by atoms with Gasteiger partial charge in [-0.3, -0.25) is 5.32 Å². The first-order valence-electron chi connectivity index (χ1n) is 7.26. The number of hydrogen-bond acceptors (Lipinski definition) is 4. The number of rotatable bonds is 4. The Morgan fingerprint density at radius 1 is 1.14 bits per heavy atom. The summed E-state index contributed by atoms with van der Waals surface area (Å²) in [5.41, 5.74) is 3.46. The summed E-state index contributed by atoms with van der Waals surface area (Å²) in [6, 6.07) is 15.1. The molecule has 0 radical (unpaired) electrons. The molecule has 0 saturated carbocycles. The molecule has 0 saturated heterocycles. The van der Waals surface area contributed by atoms with Crippen LogP contribution in [-0.4, -0.2) is 21.2 Å². The second kappa shape index (κ2) is 6.20. The second-order valence-electron chi connectivity index (χ2n) is 5.51. The quantitative estimate of drug-likeness (QED) is 0.941. The first-order valence-corrected chi connectivity index (χ1v) is 9.15. The van der Waals surface area contributed by atoms with E-state index in [0.29, 0.717) is 11.5 Å². The lowest BCUT2D eigenvalue weighted by molar-refractivity contribution is 0.0121. The fourth-order valence-electron chi connectivity index (χ4n) is 2.63. The molecule has 2 aromatic rings. The molecule has 0 amide bonds. The molecule has 5 heteroatoms. The largest absolute Gasteiger partial charge is 0.354 e. The predicted molar refractivity (Wildman–Crippen MR) is 85.2 cm³/mol. The topological polar surface area (TPSA) is 55.4 Å². The summed E-state index contributed by atoms with van der Waals surface area (Å²) in [6.07, 6.45) is 2.11. The average molecular weight is 317 g/mol. The van der Waals surface area contributed by atoms with E-state index >= 15 is 0 Å². The summed E-state index contributed by atoms with van der Waals surface area (Å²) in [6.45, 7) is 1.34. The summed E-state index contributed by atoms with van der Waals surface area (Å²) in [4.78, 5) is 0.331. The highest BCUT2D eigenvalue weighted by Gasteiger charge is 2.19. The van der Waals surface area contributed by atoms with Crippen LogP contribution < -0.4 is 5.32 Å². The zero-order chi connectivity index (χ0) is 15.6. The van der Waals surface area contributed by atoms with E-state index in [1.165, 1.54) is 17.4 Å². The maximum Gasteiger partial charge on any atom is 0.175 e. The molecule has 0 spiro atoms. The maximum atomic E-state index is 11.4. The van der Waals surface area contributed by atoms with Crippen LogP contribution in [0.5, 0.6) is 0 Å². The Balaban J connectivity index is 1.69. The molecule has 0 bridgehead atoms. The van der Waals surface area contributed by atoms with Crippen LogP contribution in [0, 0.1) is 0 Å². The van der Waals surface area contributed by atoms with E-state index in [4.69, 9.17) is 4.74 Å². The highest BCUT2D eigenvalue weighted by atomic mass is 32.2. The molecule has 0 fully saturated rings. The van der Waals surface area contributed by atoms with Crippen molar-refractivity contribution in [2.75, 3.05) is 12.8 Å². The van der Waals surface area contributed by atoms with E-state index in [0.717, 1.165) is 18.5 Å².